The molecule has 1 saturated heterocycles. The Morgan fingerprint density at radius 2 is 1.78 bits per heavy atom. The van der Waals surface area contributed by atoms with Crippen LogP contribution in [0.4, 0.5) is 0 Å². The van der Waals surface area contributed by atoms with Gasteiger partial charge in [0.15, 0.2) is 5.78 Å². The first-order valence-electron chi connectivity index (χ1n) is 10.3. The van der Waals surface area contributed by atoms with Crippen LogP contribution in [0.25, 0.3) is 0 Å². The fourth-order valence-corrected chi connectivity index (χ4v) is 3.67. The highest BCUT2D eigenvalue weighted by molar-refractivity contribution is 6.34. The third-order valence-corrected chi connectivity index (χ3v) is 5.46. The Hall–Kier alpha value is -3.29. The third kappa shape index (κ3) is 5.30. The van der Waals surface area contributed by atoms with Crippen LogP contribution in [0.2, 0.25) is 5.02 Å². The number of ether oxygens (including phenoxy) is 2. The Morgan fingerprint density at radius 3 is 2.50 bits per heavy atom. The van der Waals surface area contributed by atoms with Crippen molar-refractivity contribution in [1.29, 1.82) is 0 Å². The van der Waals surface area contributed by atoms with Gasteiger partial charge < -0.3 is 14.4 Å². The minimum Gasteiger partial charge on any atom is -0.488 e. The van der Waals surface area contributed by atoms with E-state index >= 15 is 0 Å². The van der Waals surface area contributed by atoms with Gasteiger partial charge in [-0.2, -0.15) is 10.2 Å². The average molecular weight is 452 g/mol. The maximum Gasteiger partial charge on any atom is 0.255 e. The minimum absolute atomic E-state index is 0.115. The Bertz CT molecular complexity index is 1090. The normalized spacial score (nSPS) is 13.6. The summed E-state index contributed by atoms with van der Waals surface area (Å²) in [7, 11) is 0. The van der Waals surface area contributed by atoms with Crippen molar-refractivity contribution >= 4 is 23.3 Å². The lowest BCUT2D eigenvalue weighted by atomic mass is 10.0. The van der Waals surface area contributed by atoms with Gasteiger partial charge in [0, 0.05) is 25.7 Å². The van der Waals surface area contributed by atoms with Gasteiger partial charge in [-0.05, 0) is 29.3 Å². The van der Waals surface area contributed by atoms with Gasteiger partial charge in [0.2, 0.25) is 0 Å². The zero-order valence-electron chi connectivity index (χ0n) is 17.4. The number of carbonyl (C=O) groups excluding carboxylic acids is 2. The predicted molar refractivity (Wildman–Crippen MR) is 119 cm³/mol. The summed E-state index contributed by atoms with van der Waals surface area (Å²) >= 11 is 6.47. The molecule has 2 aromatic carbocycles. The van der Waals surface area contributed by atoms with Gasteiger partial charge in [0.1, 0.15) is 12.4 Å². The van der Waals surface area contributed by atoms with Gasteiger partial charge in [0.05, 0.1) is 35.6 Å². The number of morpholine rings is 1. The van der Waals surface area contributed by atoms with Crippen LogP contribution in [-0.2, 0) is 17.8 Å². The van der Waals surface area contributed by atoms with Crippen molar-refractivity contribution in [2.75, 3.05) is 26.3 Å². The Kier molecular flexibility index (Phi) is 7.09. The van der Waals surface area contributed by atoms with E-state index < -0.39 is 0 Å². The van der Waals surface area contributed by atoms with Gasteiger partial charge >= 0.3 is 0 Å². The molecule has 1 fully saturated rings. The summed E-state index contributed by atoms with van der Waals surface area (Å²) in [6, 6.07) is 14.4. The van der Waals surface area contributed by atoms with E-state index in [9.17, 15) is 9.59 Å². The molecule has 1 aliphatic rings. The molecule has 0 bridgehead atoms. The Labute approximate surface area is 190 Å². The van der Waals surface area contributed by atoms with E-state index in [-0.39, 0.29) is 29.7 Å². The predicted octanol–water partition coefficient (Wildman–Crippen LogP) is 3.61. The second-order valence-electron chi connectivity index (χ2n) is 7.36. The monoisotopic (exact) mass is 451 g/mol. The molecule has 0 unspecified atom stereocenters. The molecule has 7 nitrogen and oxygen atoms in total. The van der Waals surface area contributed by atoms with Crippen molar-refractivity contribution in [3.05, 3.63) is 88.2 Å². The second-order valence-corrected chi connectivity index (χ2v) is 7.76. The largest absolute Gasteiger partial charge is 0.488 e. The first-order chi connectivity index (χ1) is 15.6. The highest BCUT2D eigenvalue weighted by Crippen LogP contribution is 2.30. The molecule has 3 aromatic rings. The number of hydrogen-bond acceptors (Lipinski definition) is 6. The molecule has 32 heavy (non-hydrogen) atoms. The summed E-state index contributed by atoms with van der Waals surface area (Å²) in [5.41, 5.74) is 2.30. The van der Waals surface area contributed by atoms with Crippen molar-refractivity contribution in [3.63, 3.8) is 0 Å². The minimum atomic E-state index is -0.208. The van der Waals surface area contributed by atoms with Crippen molar-refractivity contribution < 1.29 is 19.1 Å². The fraction of sp³-hybridized carbons (Fsp3) is 0.250. The summed E-state index contributed by atoms with van der Waals surface area (Å²) < 4.78 is 11.3. The SMILES string of the molecule is O=C(Cc1ccnnc1)c1cc(Cl)c(C(=O)N2CCOCC2)cc1OCc1ccccc1. The molecule has 1 aromatic heterocycles. The molecule has 2 heterocycles. The number of benzene rings is 2. The first kappa shape index (κ1) is 21.9. The van der Waals surface area contributed by atoms with Crippen LogP contribution in [0.15, 0.2) is 60.9 Å². The van der Waals surface area contributed by atoms with Gasteiger partial charge in [0.25, 0.3) is 5.91 Å². The van der Waals surface area contributed by atoms with Gasteiger partial charge in [-0.3, -0.25) is 9.59 Å². The van der Waals surface area contributed by atoms with Gasteiger partial charge in [-0.15, -0.1) is 0 Å². The van der Waals surface area contributed by atoms with Crippen LogP contribution in [0, 0.1) is 0 Å². The maximum atomic E-state index is 13.1. The summed E-state index contributed by atoms with van der Waals surface area (Å²) in [5.74, 6) is -0.0737. The lowest BCUT2D eigenvalue weighted by molar-refractivity contribution is 0.0302. The van der Waals surface area contributed by atoms with Crippen LogP contribution in [0.1, 0.15) is 31.8 Å². The zero-order valence-corrected chi connectivity index (χ0v) is 18.1. The van der Waals surface area contributed by atoms with Crippen LogP contribution < -0.4 is 4.74 Å². The lowest BCUT2D eigenvalue weighted by Crippen LogP contribution is -2.40. The number of Topliss-reactive ketones (excluding diaryl/α,β-unsaturated/α-hetero) is 1. The Balaban J connectivity index is 1.64. The lowest BCUT2D eigenvalue weighted by Gasteiger charge is -2.27. The number of ketones is 1. The van der Waals surface area contributed by atoms with E-state index in [1.165, 1.54) is 12.3 Å². The molecule has 164 valence electrons. The van der Waals surface area contributed by atoms with Crippen LogP contribution >= 0.6 is 11.6 Å². The Morgan fingerprint density at radius 1 is 1.00 bits per heavy atom. The van der Waals surface area contributed by atoms with E-state index in [4.69, 9.17) is 21.1 Å². The van der Waals surface area contributed by atoms with E-state index in [1.807, 2.05) is 30.3 Å². The van der Waals surface area contributed by atoms with Gasteiger partial charge in [-0.1, -0.05) is 41.9 Å². The smallest absolute Gasteiger partial charge is 0.255 e. The van der Waals surface area contributed by atoms with E-state index in [0.717, 1.165) is 11.1 Å². The number of aromatic nitrogens is 2. The first-order valence-corrected chi connectivity index (χ1v) is 10.7. The quantitative estimate of drug-likeness (QED) is 0.510. The average Bonchev–Trinajstić information content (AvgIpc) is 2.84. The van der Waals surface area contributed by atoms with Crippen molar-refractivity contribution in [2.24, 2.45) is 0 Å². The van der Waals surface area contributed by atoms with Crippen molar-refractivity contribution in [1.82, 2.24) is 15.1 Å². The molecular weight excluding hydrogens is 430 g/mol. The topological polar surface area (TPSA) is 81.6 Å². The van der Waals surface area contributed by atoms with Crippen LogP contribution in [0.5, 0.6) is 5.75 Å². The summed E-state index contributed by atoms with van der Waals surface area (Å²) in [6.45, 7) is 2.20. The number of halogens is 1. The highest BCUT2D eigenvalue weighted by Gasteiger charge is 2.24. The van der Waals surface area contributed by atoms with Gasteiger partial charge in [-0.25, -0.2) is 0 Å². The fourth-order valence-electron chi connectivity index (χ4n) is 3.43. The molecule has 0 atom stereocenters. The van der Waals surface area contributed by atoms with Crippen LogP contribution in [0.3, 0.4) is 0 Å². The van der Waals surface area contributed by atoms with Crippen molar-refractivity contribution in [2.45, 2.75) is 13.0 Å². The molecule has 0 spiro atoms. The maximum absolute atomic E-state index is 13.1. The highest BCUT2D eigenvalue weighted by atomic mass is 35.5. The molecule has 0 radical (unpaired) electrons. The van der Waals surface area contributed by atoms with E-state index in [1.54, 1.807) is 23.2 Å². The molecule has 0 saturated carbocycles. The summed E-state index contributed by atoms with van der Waals surface area (Å²) in [4.78, 5) is 27.8. The number of amides is 1. The zero-order chi connectivity index (χ0) is 22.3. The third-order valence-electron chi connectivity index (χ3n) is 5.15. The van der Waals surface area contributed by atoms with Crippen LogP contribution in [-0.4, -0.2) is 53.1 Å². The summed E-state index contributed by atoms with van der Waals surface area (Å²) in [6.07, 6.45) is 3.19. The molecule has 4 rings (SSSR count). The number of rotatable bonds is 7. The number of nitrogens with zero attached hydrogens (tertiary/aromatic N) is 3. The number of carbonyl (C=O) groups is 2. The second kappa shape index (κ2) is 10.3. The van der Waals surface area contributed by atoms with E-state index in [2.05, 4.69) is 10.2 Å². The molecule has 0 aliphatic carbocycles. The molecule has 8 heteroatoms. The van der Waals surface area contributed by atoms with Crippen molar-refractivity contribution in [3.8, 4) is 5.75 Å². The summed E-state index contributed by atoms with van der Waals surface area (Å²) in [5, 5.41) is 7.77. The molecule has 0 N–H and O–H groups in total. The molecule has 1 aliphatic heterocycles. The molecular formula is C24H22ClN3O4. The standard InChI is InChI=1S/C24H22ClN3O4/c25-21-13-20(22(29)12-18-6-7-26-27-15-18)23(32-16-17-4-2-1-3-5-17)14-19(21)24(30)28-8-10-31-11-9-28/h1-7,13-15H,8-12,16H2. The number of hydrogen-bond donors (Lipinski definition) is 0. The molecule has 1 amide bonds. The van der Waals surface area contributed by atoms with E-state index in [0.29, 0.717) is 43.2 Å².